The number of aryl methyl sites for hydroxylation is 2. The van der Waals surface area contributed by atoms with E-state index in [1.165, 1.54) is 23.5 Å². The lowest BCUT2D eigenvalue weighted by Crippen LogP contribution is -2.24. The lowest BCUT2D eigenvalue weighted by molar-refractivity contribution is -0.384. The van der Waals surface area contributed by atoms with Gasteiger partial charge in [0.05, 0.1) is 15.5 Å². The second-order valence-corrected chi connectivity index (χ2v) is 8.99. The number of amides is 2. The number of hydrogen-bond acceptors (Lipinski definition) is 7. The van der Waals surface area contributed by atoms with Gasteiger partial charge in [-0.3, -0.25) is 25.0 Å². The molecule has 4 rings (SSSR count). The van der Waals surface area contributed by atoms with Gasteiger partial charge in [-0.1, -0.05) is 29.0 Å². The zero-order chi connectivity index (χ0) is 23.0. The number of rotatable bonds is 5. The topological polar surface area (TPSA) is 118 Å². The molecule has 1 atom stereocenters. The highest BCUT2D eigenvalue weighted by Crippen LogP contribution is 2.35. The molecular weight excluding hydrogens is 454 g/mol. The number of halogens is 1. The first-order valence-electron chi connectivity index (χ1n) is 9.68. The first-order valence-corrected chi connectivity index (χ1v) is 10.9. The minimum atomic E-state index is -0.624. The highest BCUT2D eigenvalue weighted by Gasteiger charge is 2.34. The van der Waals surface area contributed by atoms with Crippen molar-refractivity contribution >= 4 is 51.3 Å². The fourth-order valence-electron chi connectivity index (χ4n) is 3.64. The van der Waals surface area contributed by atoms with Crippen LogP contribution in [0.25, 0.3) is 0 Å². The summed E-state index contributed by atoms with van der Waals surface area (Å²) in [6.07, 6.45) is 0.298. The third-order valence-electron chi connectivity index (χ3n) is 5.06. The van der Waals surface area contributed by atoms with Gasteiger partial charge in [-0.25, -0.2) is 0 Å². The van der Waals surface area contributed by atoms with Crippen LogP contribution in [0.15, 0.2) is 36.4 Å². The molecule has 1 saturated heterocycles. The van der Waals surface area contributed by atoms with Crippen molar-refractivity contribution in [3.63, 3.8) is 0 Å². The Hall–Kier alpha value is -3.37. The van der Waals surface area contributed by atoms with Gasteiger partial charge in [-0.05, 0) is 43.2 Å². The molecule has 1 aliphatic rings. The Balaban J connectivity index is 1.49. The maximum Gasteiger partial charge on any atom is 0.270 e. The molecule has 3 aromatic rings. The van der Waals surface area contributed by atoms with Gasteiger partial charge < -0.3 is 4.90 Å². The molecule has 1 aliphatic heterocycles. The highest BCUT2D eigenvalue weighted by atomic mass is 35.5. The Morgan fingerprint density at radius 2 is 1.94 bits per heavy atom. The Labute approximate surface area is 192 Å². The summed E-state index contributed by atoms with van der Waals surface area (Å²) in [6.45, 7) is 4.45. The van der Waals surface area contributed by atoms with Gasteiger partial charge in [0.15, 0.2) is 0 Å². The summed E-state index contributed by atoms with van der Waals surface area (Å²) < 4.78 is 0. The van der Waals surface area contributed by atoms with Crippen molar-refractivity contribution in [3.8, 4) is 0 Å². The molecule has 1 unspecified atom stereocenters. The van der Waals surface area contributed by atoms with Gasteiger partial charge in [0.1, 0.15) is 5.01 Å². The Morgan fingerprint density at radius 1 is 1.22 bits per heavy atom. The Morgan fingerprint density at radius 3 is 2.62 bits per heavy atom. The molecule has 2 aromatic carbocycles. The molecule has 32 heavy (non-hydrogen) atoms. The van der Waals surface area contributed by atoms with Crippen molar-refractivity contribution < 1.29 is 14.5 Å². The Bertz CT molecular complexity index is 1220. The fourth-order valence-corrected chi connectivity index (χ4v) is 4.68. The van der Waals surface area contributed by atoms with Crippen LogP contribution in [0.3, 0.4) is 0 Å². The molecule has 2 amide bonds. The van der Waals surface area contributed by atoms with Crippen molar-refractivity contribution in [1.29, 1.82) is 0 Å². The van der Waals surface area contributed by atoms with Crippen molar-refractivity contribution in [2.24, 2.45) is 0 Å². The van der Waals surface area contributed by atoms with Crippen molar-refractivity contribution in [2.75, 3.05) is 16.8 Å². The van der Waals surface area contributed by atoms with E-state index in [-0.39, 0.29) is 33.2 Å². The maximum absolute atomic E-state index is 12.6. The monoisotopic (exact) mass is 471 g/mol. The number of carbonyl (C=O) groups excluding carboxylic acids is 2. The summed E-state index contributed by atoms with van der Waals surface area (Å²) in [5.74, 6) is -0.766. The molecule has 1 fully saturated rings. The summed E-state index contributed by atoms with van der Waals surface area (Å²) >= 11 is 7.19. The van der Waals surface area contributed by atoms with E-state index < -0.39 is 10.8 Å². The molecule has 1 N–H and O–H groups in total. The van der Waals surface area contributed by atoms with Gasteiger partial charge in [0, 0.05) is 36.7 Å². The standard InChI is InChI=1S/C21H18ClN5O4S/c1-11-5-12(2)7-15(6-11)26-10-13(8-18(26)28)20-24-25-21(32-20)23-19(29)16-9-14(27(30)31)3-4-17(16)22/h3-7,9,13H,8,10H2,1-2H3,(H,23,25,29). The summed E-state index contributed by atoms with van der Waals surface area (Å²) in [7, 11) is 0. The zero-order valence-electron chi connectivity index (χ0n) is 17.2. The van der Waals surface area contributed by atoms with Crippen LogP contribution in [-0.2, 0) is 4.79 Å². The molecule has 9 nitrogen and oxygen atoms in total. The molecule has 0 saturated carbocycles. The van der Waals surface area contributed by atoms with Crippen LogP contribution in [0.4, 0.5) is 16.5 Å². The average Bonchev–Trinajstić information content (AvgIpc) is 3.33. The van der Waals surface area contributed by atoms with E-state index in [0.29, 0.717) is 18.0 Å². The number of benzene rings is 2. The number of hydrogen-bond donors (Lipinski definition) is 1. The number of nitro benzene ring substituents is 1. The number of anilines is 2. The van der Waals surface area contributed by atoms with Gasteiger partial charge in [-0.2, -0.15) is 0 Å². The molecule has 0 spiro atoms. The third kappa shape index (κ3) is 4.46. The van der Waals surface area contributed by atoms with Gasteiger partial charge >= 0.3 is 0 Å². The zero-order valence-corrected chi connectivity index (χ0v) is 18.7. The van der Waals surface area contributed by atoms with Gasteiger partial charge in [0.2, 0.25) is 11.0 Å². The molecular formula is C21H18ClN5O4S. The number of nitrogens with zero attached hydrogens (tertiary/aromatic N) is 4. The normalized spacial score (nSPS) is 15.8. The average molecular weight is 472 g/mol. The maximum atomic E-state index is 12.6. The van der Waals surface area contributed by atoms with E-state index in [1.807, 2.05) is 26.0 Å². The van der Waals surface area contributed by atoms with Crippen molar-refractivity contribution in [1.82, 2.24) is 10.2 Å². The first kappa shape index (κ1) is 21.8. The van der Waals surface area contributed by atoms with E-state index in [2.05, 4.69) is 21.6 Å². The van der Waals surface area contributed by atoms with E-state index in [9.17, 15) is 19.7 Å². The second-order valence-electron chi connectivity index (χ2n) is 7.57. The Kier molecular flexibility index (Phi) is 5.90. The lowest BCUT2D eigenvalue weighted by Gasteiger charge is -2.17. The molecule has 0 radical (unpaired) electrons. The number of nitro groups is 1. The second kappa shape index (κ2) is 8.64. The van der Waals surface area contributed by atoms with Crippen molar-refractivity contribution in [3.05, 3.63) is 73.2 Å². The van der Waals surface area contributed by atoms with Gasteiger partial charge in [-0.15, -0.1) is 10.2 Å². The predicted octanol–water partition coefficient (Wildman–Crippen LogP) is 4.49. The summed E-state index contributed by atoms with van der Waals surface area (Å²) in [5, 5.41) is 22.6. The predicted molar refractivity (Wildman–Crippen MR) is 122 cm³/mol. The molecule has 0 bridgehead atoms. The summed E-state index contributed by atoms with van der Waals surface area (Å²) in [4.78, 5) is 37.3. The summed E-state index contributed by atoms with van der Waals surface area (Å²) in [6, 6.07) is 9.63. The van der Waals surface area contributed by atoms with Crippen LogP contribution in [0, 0.1) is 24.0 Å². The van der Waals surface area contributed by atoms with E-state index in [0.717, 1.165) is 22.9 Å². The minimum absolute atomic E-state index is 0.00385. The van der Waals surface area contributed by atoms with Crippen LogP contribution in [0.2, 0.25) is 5.02 Å². The highest BCUT2D eigenvalue weighted by molar-refractivity contribution is 7.15. The smallest absolute Gasteiger partial charge is 0.270 e. The van der Waals surface area contributed by atoms with E-state index in [1.54, 1.807) is 4.90 Å². The number of nitrogens with one attached hydrogen (secondary N) is 1. The lowest BCUT2D eigenvalue weighted by atomic mass is 10.1. The van der Waals surface area contributed by atoms with Crippen LogP contribution in [0.1, 0.15) is 38.8 Å². The molecule has 1 aromatic heterocycles. The summed E-state index contributed by atoms with van der Waals surface area (Å²) in [5.41, 5.74) is 2.74. The van der Waals surface area contributed by atoms with Crippen LogP contribution in [-0.4, -0.2) is 33.5 Å². The molecule has 0 aliphatic carbocycles. The molecule has 2 heterocycles. The van der Waals surface area contributed by atoms with E-state index >= 15 is 0 Å². The quantitative estimate of drug-likeness (QED) is 0.432. The SMILES string of the molecule is Cc1cc(C)cc(N2CC(c3nnc(NC(=O)c4cc([N+](=O)[O-])ccc4Cl)s3)CC2=O)c1. The number of non-ortho nitro benzene ring substituents is 1. The van der Waals surface area contributed by atoms with Crippen LogP contribution >= 0.6 is 22.9 Å². The molecule has 11 heteroatoms. The number of carbonyl (C=O) groups is 2. The van der Waals surface area contributed by atoms with Crippen molar-refractivity contribution in [2.45, 2.75) is 26.2 Å². The van der Waals surface area contributed by atoms with Gasteiger partial charge in [0.25, 0.3) is 11.6 Å². The van der Waals surface area contributed by atoms with Crippen LogP contribution < -0.4 is 10.2 Å². The third-order valence-corrected chi connectivity index (χ3v) is 6.39. The fraction of sp³-hybridized carbons (Fsp3) is 0.238. The first-order chi connectivity index (χ1) is 15.2. The molecule has 164 valence electrons. The largest absolute Gasteiger partial charge is 0.312 e. The minimum Gasteiger partial charge on any atom is -0.312 e. The van der Waals surface area contributed by atoms with E-state index in [4.69, 9.17) is 11.6 Å². The number of aromatic nitrogens is 2. The van der Waals surface area contributed by atoms with Crippen LogP contribution in [0.5, 0.6) is 0 Å².